The van der Waals surface area contributed by atoms with Crippen LogP contribution in [0, 0.1) is 5.82 Å². The number of carbonyl (C=O) groups excluding carboxylic acids is 1. The Kier molecular flexibility index (Phi) is 5.92. The lowest BCUT2D eigenvalue weighted by molar-refractivity contribution is -0.0638. The van der Waals surface area contributed by atoms with Gasteiger partial charge in [-0.2, -0.15) is 0 Å². The molecule has 1 saturated heterocycles. The van der Waals surface area contributed by atoms with Crippen LogP contribution >= 0.6 is 0 Å². The first-order valence-electron chi connectivity index (χ1n) is 9.50. The first-order valence-corrected chi connectivity index (χ1v) is 9.50. The highest BCUT2D eigenvalue weighted by atomic mass is 19.1. The third kappa shape index (κ3) is 4.37. The molecule has 0 aliphatic carbocycles. The van der Waals surface area contributed by atoms with E-state index >= 15 is 0 Å². The maximum Gasteiger partial charge on any atom is 0.251 e. The van der Waals surface area contributed by atoms with Crippen molar-refractivity contribution in [2.75, 3.05) is 13.1 Å². The first-order chi connectivity index (χ1) is 12.9. The summed E-state index contributed by atoms with van der Waals surface area (Å²) in [4.78, 5) is 15.1. The number of halogens is 1. The number of hydrogen-bond acceptors (Lipinski definition) is 3. The second-order valence-corrected chi connectivity index (χ2v) is 7.46. The zero-order valence-corrected chi connectivity index (χ0v) is 15.9. The number of hydrogen-bond donors (Lipinski definition) is 2. The van der Waals surface area contributed by atoms with Gasteiger partial charge in [0, 0.05) is 12.1 Å². The van der Waals surface area contributed by atoms with Crippen LogP contribution in [0.15, 0.2) is 54.6 Å². The number of piperidine rings is 1. The molecule has 1 amide bonds. The highest BCUT2D eigenvalue weighted by Gasteiger charge is 2.45. The maximum absolute atomic E-state index is 13.2. The Balaban J connectivity index is 1.93. The molecule has 0 spiro atoms. The van der Waals surface area contributed by atoms with Crippen LogP contribution in [0.1, 0.15) is 48.7 Å². The standard InChI is InChI=1S/C22H27FN2O2/c1-3-14-25-15-13-22(2,27)20(19(25)16-7-5-4-6-8-16)24-21(26)17-9-11-18(23)12-10-17/h4-12,19-20,27H,3,13-15H2,1-2H3,(H,24,26)/t19-,20-,22+/m0/s1. The normalized spacial score (nSPS) is 25.9. The molecular formula is C22H27FN2O2. The van der Waals surface area contributed by atoms with E-state index in [4.69, 9.17) is 0 Å². The van der Waals surface area contributed by atoms with E-state index in [1.54, 1.807) is 6.92 Å². The Bertz CT molecular complexity index is 762. The van der Waals surface area contributed by atoms with E-state index < -0.39 is 11.6 Å². The van der Waals surface area contributed by atoms with Crippen molar-refractivity contribution in [3.63, 3.8) is 0 Å². The van der Waals surface area contributed by atoms with Crippen molar-refractivity contribution < 1.29 is 14.3 Å². The van der Waals surface area contributed by atoms with Crippen molar-refractivity contribution in [3.05, 3.63) is 71.5 Å². The number of nitrogens with zero attached hydrogens (tertiary/aromatic N) is 1. The fourth-order valence-corrected chi connectivity index (χ4v) is 3.87. The highest BCUT2D eigenvalue weighted by Crippen LogP contribution is 2.37. The van der Waals surface area contributed by atoms with Crippen molar-refractivity contribution >= 4 is 5.91 Å². The molecule has 0 radical (unpaired) electrons. The lowest BCUT2D eigenvalue weighted by atomic mass is 9.79. The van der Waals surface area contributed by atoms with Gasteiger partial charge in [-0.1, -0.05) is 37.3 Å². The van der Waals surface area contributed by atoms with Gasteiger partial charge in [-0.25, -0.2) is 4.39 Å². The van der Waals surface area contributed by atoms with Crippen LogP contribution in [-0.2, 0) is 0 Å². The third-order valence-electron chi connectivity index (χ3n) is 5.33. The predicted octanol–water partition coefficient (Wildman–Crippen LogP) is 3.53. The Hall–Kier alpha value is -2.24. The SMILES string of the molecule is CCCN1CC[C@@](C)(O)[C@@H](NC(=O)c2ccc(F)cc2)[C@@H]1c1ccccc1. The van der Waals surface area contributed by atoms with E-state index in [1.165, 1.54) is 24.3 Å². The van der Waals surface area contributed by atoms with Gasteiger partial charge < -0.3 is 10.4 Å². The van der Waals surface area contributed by atoms with Gasteiger partial charge in [-0.15, -0.1) is 0 Å². The molecule has 1 aliphatic rings. The quantitative estimate of drug-likeness (QED) is 0.847. The average molecular weight is 370 g/mol. The molecule has 1 fully saturated rings. The van der Waals surface area contributed by atoms with Gasteiger partial charge in [-0.3, -0.25) is 9.69 Å². The van der Waals surface area contributed by atoms with Crippen molar-refractivity contribution in [3.8, 4) is 0 Å². The monoisotopic (exact) mass is 370 g/mol. The van der Waals surface area contributed by atoms with Crippen LogP contribution in [0.4, 0.5) is 4.39 Å². The Labute approximate surface area is 160 Å². The van der Waals surface area contributed by atoms with E-state index in [-0.39, 0.29) is 17.8 Å². The van der Waals surface area contributed by atoms with Crippen LogP contribution < -0.4 is 5.32 Å². The molecule has 2 aromatic rings. The molecule has 27 heavy (non-hydrogen) atoms. The van der Waals surface area contributed by atoms with E-state index in [0.29, 0.717) is 12.0 Å². The van der Waals surface area contributed by atoms with Crippen LogP contribution in [0.5, 0.6) is 0 Å². The van der Waals surface area contributed by atoms with E-state index in [1.807, 2.05) is 30.3 Å². The number of carbonyl (C=O) groups is 1. The largest absolute Gasteiger partial charge is 0.388 e. The van der Waals surface area contributed by atoms with Crippen molar-refractivity contribution in [2.45, 2.75) is 44.4 Å². The van der Waals surface area contributed by atoms with Gasteiger partial charge in [0.1, 0.15) is 5.82 Å². The van der Waals surface area contributed by atoms with Gasteiger partial charge >= 0.3 is 0 Å². The molecule has 3 rings (SSSR count). The van der Waals surface area contributed by atoms with Crippen LogP contribution in [0.2, 0.25) is 0 Å². The number of aliphatic hydroxyl groups is 1. The summed E-state index contributed by atoms with van der Waals surface area (Å²) in [5.41, 5.74) is 0.405. The van der Waals surface area contributed by atoms with Crippen molar-refractivity contribution in [1.29, 1.82) is 0 Å². The fraction of sp³-hybridized carbons (Fsp3) is 0.409. The van der Waals surface area contributed by atoms with Crippen molar-refractivity contribution in [2.24, 2.45) is 0 Å². The summed E-state index contributed by atoms with van der Waals surface area (Å²) in [5.74, 6) is -0.688. The molecular weight excluding hydrogens is 343 g/mol. The van der Waals surface area contributed by atoms with Crippen LogP contribution in [-0.4, -0.2) is 40.6 Å². The minimum absolute atomic E-state index is 0.126. The molecule has 0 bridgehead atoms. The average Bonchev–Trinajstić information content (AvgIpc) is 2.66. The zero-order valence-electron chi connectivity index (χ0n) is 15.9. The van der Waals surface area contributed by atoms with Gasteiger partial charge in [0.05, 0.1) is 17.7 Å². The number of benzene rings is 2. The number of rotatable bonds is 5. The summed E-state index contributed by atoms with van der Waals surface area (Å²) in [6.45, 7) is 5.56. The molecule has 1 aliphatic heterocycles. The van der Waals surface area contributed by atoms with E-state index in [0.717, 1.165) is 25.1 Å². The molecule has 4 nitrogen and oxygen atoms in total. The topological polar surface area (TPSA) is 52.6 Å². The summed E-state index contributed by atoms with van der Waals surface area (Å²) in [6, 6.07) is 14.8. The molecule has 3 atom stereocenters. The minimum Gasteiger partial charge on any atom is -0.388 e. The van der Waals surface area contributed by atoms with E-state index in [2.05, 4.69) is 17.1 Å². The summed E-state index contributed by atoms with van der Waals surface area (Å²) in [6.07, 6.45) is 1.56. The molecule has 5 heteroatoms. The highest BCUT2D eigenvalue weighted by molar-refractivity contribution is 5.94. The van der Waals surface area contributed by atoms with Gasteiger partial charge in [0.2, 0.25) is 0 Å². The predicted molar refractivity (Wildman–Crippen MR) is 104 cm³/mol. The lowest BCUT2D eigenvalue weighted by Crippen LogP contribution is -2.62. The smallest absolute Gasteiger partial charge is 0.251 e. The lowest BCUT2D eigenvalue weighted by Gasteiger charge is -2.49. The van der Waals surface area contributed by atoms with Gasteiger partial charge in [-0.05, 0) is 56.1 Å². The van der Waals surface area contributed by atoms with Gasteiger partial charge in [0.15, 0.2) is 0 Å². The second-order valence-electron chi connectivity index (χ2n) is 7.46. The molecule has 1 heterocycles. The van der Waals surface area contributed by atoms with Crippen molar-refractivity contribution in [1.82, 2.24) is 10.2 Å². The summed E-state index contributed by atoms with van der Waals surface area (Å²) >= 11 is 0. The minimum atomic E-state index is -1.04. The number of amides is 1. The zero-order chi connectivity index (χ0) is 19.4. The molecule has 2 N–H and O–H groups in total. The Morgan fingerprint density at radius 3 is 2.52 bits per heavy atom. The van der Waals surface area contributed by atoms with Crippen LogP contribution in [0.3, 0.4) is 0 Å². The maximum atomic E-state index is 13.2. The number of nitrogens with one attached hydrogen (secondary N) is 1. The molecule has 0 unspecified atom stereocenters. The molecule has 0 aromatic heterocycles. The Morgan fingerprint density at radius 1 is 1.22 bits per heavy atom. The molecule has 0 saturated carbocycles. The fourth-order valence-electron chi connectivity index (χ4n) is 3.87. The van der Waals surface area contributed by atoms with Gasteiger partial charge in [0.25, 0.3) is 5.91 Å². The second kappa shape index (κ2) is 8.19. The third-order valence-corrected chi connectivity index (χ3v) is 5.33. The summed E-state index contributed by atoms with van der Waals surface area (Å²) in [7, 11) is 0. The summed E-state index contributed by atoms with van der Waals surface area (Å²) < 4.78 is 13.2. The molecule has 2 aromatic carbocycles. The Morgan fingerprint density at radius 2 is 1.89 bits per heavy atom. The summed E-state index contributed by atoms with van der Waals surface area (Å²) in [5, 5.41) is 14.1. The van der Waals surface area contributed by atoms with E-state index in [9.17, 15) is 14.3 Å². The van der Waals surface area contributed by atoms with Crippen LogP contribution in [0.25, 0.3) is 0 Å². The first kappa shape index (κ1) is 19.5. The molecule has 144 valence electrons. The number of likely N-dealkylation sites (tertiary alicyclic amines) is 1.